The molecular weight excluding hydrogens is 330 g/mol. The van der Waals surface area contributed by atoms with Crippen molar-refractivity contribution in [1.29, 1.82) is 0 Å². The summed E-state index contributed by atoms with van der Waals surface area (Å²) in [7, 11) is 0. The molecule has 0 saturated carbocycles. The second kappa shape index (κ2) is 7.94. The van der Waals surface area contributed by atoms with Crippen LogP contribution in [-0.4, -0.2) is 56.1 Å². The van der Waals surface area contributed by atoms with Crippen LogP contribution >= 0.6 is 0 Å². The molecular formula is C18H19N7O. The Kier molecular flexibility index (Phi) is 5.04. The van der Waals surface area contributed by atoms with Crippen LogP contribution < -0.4 is 5.32 Å². The third kappa shape index (κ3) is 4.16. The topological polar surface area (TPSA) is 89.0 Å². The molecule has 0 aromatic carbocycles. The smallest absolute Gasteiger partial charge is 0.135 e. The fourth-order valence-corrected chi connectivity index (χ4v) is 2.80. The van der Waals surface area contributed by atoms with Gasteiger partial charge in [0.1, 0.15) is 24.3 Å². The molecule has 3 aromatic heterocycles. The van der Waals surface area contributed by atoms with E-state index >= 15 is 0 Å². The van der Waals surface area contributed by atoms with Gasteiger partial charge < -0.3 is 10.1 Å². The molecule has 26 heavy (non-hydrogen) atoms. The molecule has 0 atom stereocenters. The van der Waals surface area contributed by atoms with E-state index in [1.54, 1.807) is 12.4 Å². The molecule has 0 bridgehead atoms. The number of ether oxygens (including phenoxy) is 1. The summed E-state index contributed by atoms with van der Waals surface area (Å²) in [6, 6.07) is 5.94. The van der Waals surface area contributed by atoms with E-state index < -0.39 is 0 Å². The molecule has 8 heteroatoms. The van der Waals surface area contributed by atoms with Crippen molar-refractivity contribution in [3.63, 3.8) is 0 Å². The van der Waals surface area contributed by atoms with Gasteiger partial charge in [-0.2, -0.15) is 0 Å². The lowest BCUT2D eigenvalue weighted by atomic mass is 10.2. The highest BCUT2D eigenvalue weighted by Gasteiger charge is 2.11. The molecule has 0 unspecified atom stereocenters. The molecule has 1 aliphatic heterocycles. The lowest BCUT2D eigenvalue weighted by Gasteiger charge is -2.26. The van der Waals surface area contributed by atoms with Crippen LogP contribution in [0, 0.1) is 0 Å². The fourth-order valence-electron chi connectivity index (χ4n) is 2.80. The Morgan fingerprint density at radius 1 is 0.962 bits per heavy atom. The first-order valence-corrected chi connectivity index (χ1v) is 8.46. The summed E-state index contributed by atoms with van der Waals surface area (Å²) in [4.78, 5) is 23.4. The SMILES string of the molecule is c1ncc(-c2cc(Nc3cc(CN4CCOCC4)ccn3)ncn2)cn1. The van der Waals surface area contributed by atoms with Gasteiger partial charge in [-0.1, -0.05) is 0 Å². The molecule has 8 nitrogen and oxygen atoms in total. The van der Waals surface area contributed by atoms with Crippen molar-refractivity contribution in [2.24, 2.45) is 0 Å². The van der Waals surface area contributed by atoms with Crippen molar-refractivity contribution in [2.75, 3.05) is 31.6 Å². The zero-order valence-corrected chi connectivity index (χ0v) is 14.2. The van der Waals surface area contributed by atoms with Crippen molar-refractivity contribution < 1.29 is 4.74 Å². The number of hydrogen-bond donors (Lipinski definition) is 1. The Morgan fingerprint density at radius 2 is 1.77 bits per heavy atom. The summed E-state index contributed by atoms with van der Waals surface area (Å²) >= 11 is 0. The van der Waals surface area contributed by atoms with Gasteiger partial charge in [0, 0.05) is 49.9 Å². The van der Waals surface area contributed by atoms with Crippen LogP contribution in [0.3, 0.4) is 0 Å². The number of hydrogen-bond acceptors (Lipinski definition) is 8. The molecule has 132 valence electrons. The average molecular weight is 349 g/mol. The van der Waals surface area contributed by atoms with E-state index in [1.165, 1.54) is 18.2 Å². The molecule has 0 aliphatic carbocycles. The predicted molar refractivity (Wildman–Crippen MR) is 96.7 cm³/mol. The van der Waals surface area contributed by atoms with Crippen LogP contribution in [0.4, 0.5) is 11.6 Å². The summed E-state index contributed by atoms with van der Waals surface area (Å²) in [6.45, 7) is 4.39. The molecule has 0 radical (unpaired) electrons. The number of morpholine rings is 1. The van der Waals surface area contributed by atoms with E-state index in [0.29, 0.717) is 5.82 Å². The summed E-state index contributed by atoms with van der Waals surface area (Å²) in [5.74, 6) is 1.43. The van der Waals surface area contributed by atoms with Gasteiger partial charge in [0.15, 0.2) is 0 Å². The third-order valence-corrected chi connectivity index (χ3v) is 4.11. The minimum absolute atomic E-state index is 0.676. The monoisotopic (exact) mass is 349 g/mol. The Balaban J connectivity index is 1.48. The number of anilines is 2. The Hall–Kier alpha value is -2.97. The maximum atomic E-state index is 5.40. The van der Waals surface area contributed by atoms with Crippen LogP contribution in [-0.2, 0) is 11.3 Å². The first-order chi connectivity index (χ1) is 12.9. The van der Waals surface area contributed by atoms with Gasteiger partial charge in [-0.3, -0.25) is 4.90 Å². The summed E-state index contributed by atoms with van der Waals surface area (Å²) < 4.78 is 5.40. The number of nitrogens with one attached hydrogen (secondary N) is 1. The Bertz CT molecular complexity index is 853. The van der Waals surface area contributed by atoms with Gasteiger partial charge in [-0.05, 0) is 17.7 Å². The number of nitrogens with zero attached hydrogens (tertiary/aromatic N) is 6. The highest BCUT2D eigenvalue weighted by atomic mass is 16.5. The predicted octanol–water partition coefficient (Wildman–Crippen LogP) is 1.90. The zero-order chi connectivity index (χ0) is 17.6. The highest BCUT2D eigenvalue weighted by molar-refractivity contribution is 5.62. The molecule has 4 rings (SSSR count). The van der Waals surface area contributed by atoms with Gasteiger partial charge in [0.25, 0.3) is 0 Å². The normalized spacial score (nSPS) is 14.9. The standard InChI is InChI=1S/C18H19N7O/c1-2-21-17(7-14(1)11-25-3-5-26-6-4-25)24-18-8-16(22-13-23-18)15-9-19-12-20-10-15/h1-2,7-10,12-13H,3-6,11H2,(H,21,22,23,24). The van der Waals surface area contributed by atoms with E-state index in [9.17, 15) is 0 Å². The largest absolute Gasteiger partial charge is 0.379 e. The van der Waals surface area contributed by atoms with Crippen molar-refractivity contribution in [3.05, 3.63) is 55.0 Å². The van der Waals surface area contributed by atoms with E-state index in [4.69, 9.17) is 4.74 Å². The molecule has 1 saturated heterocycles. The number of pyridine rings is 1. The van der Waals surface area contributed by atoms with Crippen LogP contribution in [0.15, 0.2) is 49.4 Å². The summed E-state index contributed by atoms with van der Waals surface area (Å²) in [5, 5.41) is 3.25. The summed E-state index contributed by atoms with van der Waals surface area (Å²) in [5.41, 5.74) is 2.80. The lowest BCUT2D eigenvalue weighted by Crippen LogP contribution is -2.35. The fraction of sp³-hybridized carbons (Fsp3) is 0.278. The maximum absolute atomic E-state index is 5.40. The molecule has 1 aliphatic rings. The van der Waals surface area contributed by atoms with E-state index in [0.717, 1.165) is 49.9 Å². The molecule has 4 heterocycles. The lowest BCUT2D eigenvalue weighted by molar-refractivity contribution is 0.0342. The average Bonchev–Trinajstić information content (AvgIpc) is 2.70. The van der Waals surface area contributed by atoms with Crippen LogP contribution in [0.2, 0.25) is 0 Å². The van der Waals surface area contributed by atoms with E-state index in [1.807, 2.05) is 24.4 Å². The van der Waals surface area contributed by atoms with Crippen LogP contribution in [0.1, 0.15) is 5.56 Å². The van der Waals surface area contributed by atoms with E-state index in [-0.39, 0.29) is 0 Å². The van der Waals surface area contributed by atoms with Gasteiger partial charge in [0.05, 0.1) is 18.9 Å². The van der Waals surface area contributed by atoms with Crippen molar-refractivity contribution >= 4 is 11.6 Å². The second-order valence-electron chi connectivity index (χ2n) is 5.98. The van der Waals surface area contributed by atoms with Crippen molar-refractivity contribution in [3.8, 4) is 11.3 Å². The number of rotatable bonds is 5. The quantitative estimate of drug-likeness (QED) is 0.747. The first kappa shape index (κ1) is 16.5. The highest BCUT2D eigenvalue weighted by Crippen LogP contribution is 2.19. The molecule has 0 spiro atoms. The van der Waals surface area contributed by atoms with Crippen LogP contribution in [0.25, 0.3) is 11.3 Å². The van der Waals surface area contributed by atoms with Gasteiger partial charge in [0.2, 0.25) is 0 Å². The molecule has 1 fully saturated rings. The molecule has 1 N–H and O–H groups in total. The summed E-state index contributed by atoms with van der Waals surface area (Å²) in [6.07, 6.45) is 8.27. The molecule has 3 aromatic rings. The van der Waals surface area contributed by atoms with Crippen molar-refractivity contribution in [1.82, 2.24) is 29.8 Å². The van der Waals surface area contributed by atoms with Crippen LogP contribution in [0.5, 0.6) is 0 Å². The van der Waals surface area contributed by atoms with Crippen molar-refractivity contribution in [2.45, 2.75) is 6.54 Å². The van der Waals surface area contributed by atoms with Gasteiger partial charge in [-0.25, -0.2) is 24.9 Å². The second-order valence-corrected chi connectivity index (χ2v) is 5.98. The Labute approximate surface area is 151 Å². The maximum Gasteiger partial charge on any atom is 0.135 e. The third-order valence-electron chi connectivity index (χ3n) is 4.11. The minimum Gasteiger partial charge on any atom is -0.379 e. The first-order valence-electron chi connectivity index (χ1n) is 8.46. The minimum atomic E-state index is 0.676. The van der Waals surface area contributed by atoms with Gasteiger partial charge in [-0.15, -0.1) is 0 Å². The zero-order valence-electron chi connectivity index (χ0n) is 14.2. The Morgan fingerprint density at radius 3 is 2.62 bits per heavy atom. The van der Waals surface area contributed by atoms with Gasteiger partial charge >= 0.3 is 0 Å². The van der Waals surface area contributed by atoms with E-state index in [2.05, 4.69) is 35.1 Å². The number of aromatic nitrogens is 5. The molecule has 0 amide bonds.